The van der Waals surface area contributed by atoms with Crippen LogP contribution in [-0.4, -0.2) is 16.8 Å². The van der Waals surface area contributed by atoms with Crippen LogP contribution in [0.1, 0.15) is 17.3 Å². The van der Waals surface area contributed by atoms with Crippen molar-refractivity contribution < 1.29 is 14.0 Å². The maximum atomic E-state index is 12.3. The van der Waals surface area contributed by atoms with Gasteiger partial charge in [-0.3, -0.25) is 14.6 Å². The summed E-state index contributed by atoms with van der Waals surface area (Å²) in [5.74, 6) is -1.10. The number of H-pyrrole nitrogens is 1. The average molecular weight is 311 g/mol. The minimum Gasteiger partial charge on any atom is -0.408 e. The van der Waals surface area contributed by atoms with Crippen molar-refractivity contribution in [3.8, 4) is 0 Å². The summed E-state index contributed by atoms with van der Waals surface area (Å²) < 4.78 is 4.95. The highest BCUT2D eigenvalue weighted by atomic mass is 16.4. The fourth-order valence-corrected chi connectivity index (χ4v) is 2.17. The molecule has 0 spiro atoms. The molecule has 3 N–H and O–H groups in total. The molecule has 0 saturated carbocycles. The van der Waals surface area contributed by atoms with Crippen LogP contribution in [0.25, 0.3) is 11.1 Å². The number of aromatic amines is 1. The molecular formula is C16H13N3O4. The Bertz CT molecular complexity index is 955. The lowest BCUT2D eigenvalue weighted by Crippen LogP contribution is -2.13. The molecule has 0 aliphatic rings. The summed E-state index contributed by atoms with van der Waals surface area (Å²) in [6, 6.07) is 11.4. The summed E-state index contributed by atoms with van der Waals surface area (Å²) >= 11 is 0. The summed E-state index contributed by atoms with van der Waals surface area (Å²) in [6.07, 6.45) is 0. The number of amides is 2. The average Bonchev–Trinajstić information content (AvgIpc) is 2.86. The molecule has 0 atom stereocenters. The molecule has 0 aliphatic heterocycles. The van der Waals surface area contributed by atoms with Crippen LogP contribution < -0.4 is 16.4 Å². The van der Waals surface area contributed by atoms with Crippen LogP contribution in [0.3, 0.4) is 0 Å². The normalized spacial score (nSPS) is 10.5. The first kappa shape index (κ1) is 14.6. The van der Waals surface area contributed by atoms with E-state index in [9.17, 15) is 14.4 Å². The number of oxazole rings is 1. The quantitative estimate of drug-likeness (QED) is 0.690. The van der Waals surface area contributed by atoms with Gasteiger partial charge < -0.3 is 15.1 Å². The van der Waals surface area contributed by atoms with E-state index in [-0.39, 0.29) is 11.8 Å². The van der Waals surface area contributed by atoms with Crippen molar-refractivity contribution in [2.75, 3.05) is 10.6 Å². The van der Waals surface area contributed by atoms with Gasteiger partial charge in [0.25, 0.3) is 5.91 Å². The van der Waals surface area contributed by atoms with E-state index in [0.29, 0.717) is 28.0 Å². The van der Waals surface area contributed by atoms with Gasteiger partial charge in [-0.05, 0) is 30.3 Å². The smallest absolute Gasteiger partial charge is 0.408 e. The maximum absolute atomic E-state index is 12.3. The number of hydrogen-bond donors (Lipinski definition) is 3. The molecule has 3 aromatic rings. The number of aromatic nitrogens is 1. The Morgan fingerprint density at radius 2 is 1.83 bits per heavy atom. The van der Waals surface area contributed by atoms with Gasteiger partial charge in [0.2, 0.25) is 5.91 Å². The number of fused-ring (bicyclic) bond motifs is 1. The maximum Gasteiger partial charge on any atom is 0.417 e. The van der Waals surface area contributed by atoms with Gasteiger partial charge in [0.05, 0.1) is 5.52 Å². The van der Waals surface area contributed by atoms with Gasteiger partial charge >= 0.3 is 5.76 Å². The lowest BCUT2D eigenvalue weighted by molar-refractivity contribution is -0.114. The molecular weight excluding hydrogens is 298 g/mol. The number of nitrogens with one attached hydrogen (secondary N) is 3. The summed E-state index contributed by atoms with van der Waals surface area (Å²) in [5.41, 5.74) is 2.35. The molecule has 0 radical (unpaired) electrons. The van der Waals surface area contributed by atoms with E-state index < -0.39 is 5.76 Å². The zero-order chi connectivity index (χ0) is 16.4. The van der Waals surface area contributed by atoms with Crippen molar-refractivity contribution in [2.45, 2.75) is 6.92 Å². The summed E-state index contributed by atoms with van der Waals surface area (Å²) in [4.78, 5) is 37.0. The largest absolute Gasteiger partial charge is 0.417 e. The molecule has 2 aromatic carbocycles. The van der Waals surface area contributed by atoms with Crippen molar-refractivity contribution >= 4 is 34.3 Å². The Morgan fingerprint density at radius 1 is 1.04 bits per heavy atom. The first-order valence-corrected chi connectivity index (χ1v) is 6.83. The molecule has 0 aliphatic carbocycles. The lowest BCUT2D eigenvalue weighted by Gasteiger charge is -2.07. The third-order valence-corrected chi connectivity index (χ3v) is 3.12. The predicted molar refractivity (Wildman–Crippen MR) is 85.5 cm³/mol. The number of hydrogen-bond acceptors (Lipinski definition) is 4. The molecule has 0 saturated heterocycles. The Hall–Kier alpha value is -3.35. The van der Waals surface area contributed by atoms with E-state index in [1.807, 2.05) is 0 Å². The van der Waals surface area contributed by atoms with E-state index in [1.165, 1.54) is 6.92 Å². The number of carbonyl (C=O) groups excluding carboxylic acids is 2. The first-order valence-electron chi connectivity index (χ1n) is 6.83. The molecule has 1 heterocycles. The van der Waals surface area contributed by atoms with Gasteiger partial charge in [0, 0.05) is 29.9 Å². The summed E-state index contributed by atoms with van der Waals surface area (Å²) in [6.45, 7) is 1.40. The van der Waals surface area contributed by atoms with Gasteiger partial charge in [-0.15, -0.1) is 0 Å². The molecule has 2 amide bonds. The Labute approximate surface area is 130 Å². The number of benzene rings is 2. The van der Waals surface area contributed by atoms with Gasteiger partial charge in [0.1, 0.15) is 0 Å². The molecule has 0 bridgehead atoms. The third-order valence-electron chi connectivity index (χ3n) is 3.12. The van der Waals surface area contributed by atoms with Gasteiger partial charge in [-0.2, -0.15) is 0 Å². The molecule has 7 nitrogen and oxygen atoms in total. The second-order valence-electron chi connectivity index (χ2n) is 4.94. The van der Waals surface area contributed by atoms with Gasteiger partial charge in [0.15, 0.2) is 5.58 Å². The summed E-state index contributed by atoms with van der Waals surface area (Å²) in [5, 5.41) is 5.33. The van der Waals surface area contributed by atoms with E-state index in [4.69, 9.17) is 4.42 Å². The highest BCUT2D eigenvalue weighted by Gasteiger charge is 2.09. The summed E-state index contributed by atoms with van der Waals surface area (Å²) in [7, 11) is 0. The lowest BCUT2D eigenvalue weighted by atomic mass is 10.1. The highest BCUT2D eigenvalue weighted by molar-refractivity contribution is 6.05. The van der Waals surface area contributed by atoms with Crippen LogP contribution in [0.4, 0.5) is 11.4 Å². The monoisotopic (exact) mass is 311 g/mol. The van der Waals surface area contributed by atoms with Crippen molar-refractivity contribution in [3.05, 3.63) is 58.6 Å². The van der Waals surface area contributed by atoms with Crippen molar-refractivity contribution in [2.24, 2.45) is 0 Å². The molecule has 116 valence electrons. The third kappa shape index (κ3) is 3.29. The van der Waals surface area contributed by atoms with Crippen LogP contribution in [0.5, 0.6) is 0 Å². The van der Waals surface area contributed by atoms with E-state index >= 15 is 0 Å². The van der Waals surface area contributed by atoms with Crippen LogP contribution in [0.2, 0.25) is 0 Å². The van der Waals surface area contributed by atoms with Crippen molar-refractivity contribution in [1.29, 1.82) is 0 Å². The molecule has 0 unspecified atom stereocenters. The fourth-order valence-electron chi connectivity index (χ4n) is 2.17. The SMILES string of the molecule is CC(=O)Nc1cccc(C(=O)Nc2ccc3[nH]c(=O)oc3c2)c1. The van der Waals surface area contributed by atoms with Crippen LogP contribution in [-0.2, 0) is 4.79 Å². The van der Waals surface area contributed by atoms with E-state index in [2.05, 4.69) is 15.6 Å². The Morgan fingerprint density at radius 3 is 2.61 bits per heavy atom. The molecule has 0 fully saturated rings. The van der Waals surface area contributed by atoms with Gasteiger partial charge in [-0.1, -0.05) is 6.07 Å². The Balaban J connectivity index is 1.82. The van der Waals surface area contributed by atoms with Crippen molar-refractivity contribution in [1.82, 2.24) is 4.98 Å². The number of carbonyl (C=O) groups is 2. The molecule has 1 aromatic heterocycles. The molecule has 23 heavy (non-hydrogen) atoms. The van der Waals surface area contributed by atoms with Crippen LogP contribution in [0, 0.1) is 0 Å². The number of anilines is 2. The van der Waals surface area contributed by atoms with Crippen LogP contribution >= 0.6 is 0 Å². The second kappa shape index (κ2) is 5.80. The second-order valence-corrected chi connectivity index (χ2v) is 4.94. The highest BCUT2D eigenvalue weighted by Crippen LogP contribution is 2.18. The van der Waals surface area contributed by atoms with Crippen molar-refractivity contribution in [3.63, 3.8) is 0 Å². The zero-order valence-corrected chi connectivity index (χ0v) is 12.2. The minimum atomic E-state index is -0.550. The number of rotatable bonds is 3. The minimum absolute atomic E-state index is 0.213. The predicted octanol–water partition coefficient (Wildman–Crippen LogP) is 2.33. The van der Waals surface area contributed by atoms with E-state index in [1.54, 1.807) is 42.5 Å². The standard InChI is InChI=1S/C16H13N3O4/c1-9(20)17-11-4-2-3-10(7-11)15(21)18-12-5-6-13-14(8-12)23-16(22)19-13/h2-8H,1H3,(H,17,20)(H,18,21)(H,19,22). The van der Waals surface area contributed by atoms with Gasteiger partial charge in [-0.25, -0.2) is 4.79 Å². The van der Waals surface area contributed by atoms with E-state index in [0.717, 1.165) is 0 Å². The van der Waals surface area contributed by atoms with Crippen LogP contribution in [0.15, 0.2) is 51.7 Å². The zero-order valence-electron chi connectivity index (χ0n) is 12.2. The fraction of sp³-hybridized carbons (Fsp3) is 0.0625. The Kier molecular flexibility index (Phi) is 3.68. The topological polar surface area (TPSA) is 104 Å². The first-order chi connectivity index (χ1) is 11.0. The molecule has 7 heteroatoms. The molecule has 3 rings (SSSR count).